The lowest BCUT2D eigenvalue weighted by Crippen LogP contribution is -2.35. The van der Waals surface area contributed by atoms with Crippen molar-refractivity contribution in [3.05, 3.63) is 35.5 Å². The van der Waals surface area contributed by atoms with Crippen molar-refractivity contribution in [2.24, 2.45) is 7.05 Å². The van der Waals surface area contributed by atoms with Gasteiger partial charge >= 0.3 is 0 Å². The minimum absolute atomic E-state index is 0.221. The molecule has 1 aromatic carbocycles. The molecule has 130 valence electrons. The third-order valence-electron chi connectivity index (χ3n) is 4.85. The first kappa shape index (κ1) is 15.7. The number of carbonyl (C=O) groups excluding carboxylic acids is 2. The second-order valence-electron chi connectivity index (χ2n) is 6.59. The van der Waals surface area contributed by atoms with E-state index in [4.69, 9.17) is 4.74 Å². The summed E-state index contributed by atoms with van der Waals surface area (Å²) in [6.45, 7) is 1.65. The van der Waals surface area contributed by atoms with Gasteiger partial charge in [0, 0.05) is 19.0 Å². The molecule has 4 rings (SSSR count). The van der Waals surface area contributed by atoms with E-state index in [1.54, 1.807) is 29.8 Å². The summed E-state index contributed by atoms with van der Waals surface area (Å²) in [5.41, 5.74) is 1.92. The van der Waals surface area contributed by atoms with Gasteiger partial charge in [0.1, 0.15) is 5.82 Å². The highest BCUT2D eigenvalue weighted by molar-refractivity contribution is 6.09. The summed E-state index contributed by atoms with van der Waals surface area (Å²) in [4.78, 5) is 24.5. The Hall–Kier alpha value is -2.83. The Morgan fingerprint density at radius 2 is 2.20 bits per heavy atom. The average Bonchev–Trinajstić information content (AvgIpc) is 2.86. The number of aromatic nitrogens is 2. The van der Waals surface area contributed by atoms with Crippen LogP contribution in [0.25, 0.3) is 0 Å². The van der Waals surface area contributed by atoms with Crippen molar-refractivity contribution >= 4 is 23.3 Å². The maximum atomic E-state index is 12.7. The maximum Gasteiger partial charge on any atom is 0.265 e. The molecule has 2 amide bonds. The van der Waals surface area contributed by atoms with Gasteiger partial charge in [-0.3, -0.25) is 14.3 Å². The highest BCUT2D eigenvalue weighted by atomic mass is 16.5. The smallest absolute Gasteiger partial charge is 0.265 e. The fourth-order valence-corrected chi connectivity index (χ4v) is 3.10. The van der Waals surface area contributed by atoms with Gasteiger partial charge in [0.05, 0.1) is 16.9 Å². The molecule has 1 saturated carbocycles. The summed E-state index contributed by atoms with van der Waals surface area (Å²) in [5.74, 6) is 1.04. The van der Waals surface area contributed by atoms with E-state index in [-0.39, 0.29) is 11.8 Å². The molecule has 7 heteroatoms. The zero-order valence-electron chi connectivity index (χ0n) is 14.2. The van der Waals surface area contributed by atoms with Crippen molar-refractivity contribution < 1.29 is 14.3 Å². The highest BCUT2D eigenvalue weighted by Crippen LogP contribution is 2.37. The molecule has 0 radical (unpaired) electrons. The van der Waals surface area contributed by atoms with Crippen LogP contribution in [0, 0.1) is 0 Å². The number of hydrogen-bond donors (Lipinski definition) is 2. The molecule has 7 nitrogen and oxygen atoms in total. The summed E-state index contributed by atoms with van der Waals surface area (Å²) < 4.78 is 7.33. The molecule has 1 aliphatic heterocycles. The van der Waals surface area contributed by atoms with Crippen LogP contribution in [-0.4, -0.2) is 27.7 Å². The van der Waals surface area contributed by atoms with Gasteiger partial charge in [0.2, 0.25) is 0 Å². The molecule has 2 aromatic rings. The molecular formula is C18H20N4O3. The van der Waals surface area contributed by atoms with Gasteiger partial charge in [-0.25, -0.2) is 0 Å². The van der Waals surface area contributed by atoms with Crippen LogP contribution in [0.15, 0.2) is 24.3 Å². The lowest BCUT2D eigenvalue weighted by atomic mass is 9.83. The standard InChI is InChI=1S/C18H20N4O3/c1-10-17(23)19-13-8-4-7-12(16(13)25-10)18(24)20-15-9-14(21-22(15)2)11-5-3-6-11/h4,7-11H,3,5-6H2,1-2H3,(H,19,23)(H,20,24). The van der Waals surface area contributed by atoms with Crippen molar-refractivity contribution in [1.29, 1.82) is 0 Å². The van der Waals surface area contributed by atoms with Crippen LogP contribution in [0.4, 0.5) is 11.5 Å². The summed E-state index contributed by atoms with van der Waals surface area (Å²) in [6.07, 6.45) is 2.91. The molecule has 1 aliphatic carbocycles. The first-order valence-electron chi connectivity index (χ1n) is 8.49. The molecule has 25 heavy (non-hydrogen) atoms. The third-order valence-corrected chi connectivity index (χ3v) is 4.85. The summed E-state index contributed by atoms with van der Waals surface area (Å²) in [6, 6.07) is 7.05. The second kappa shape index (κ2) is 5.91. The molecule has 1 unspecified atom stereocenters. The lowest BCUT2D eigenvalue weighted by molar-refractivity contribution is -0.122. The molecule has 0 spiro atoms. The molecule has 1 atom stereocenters. The van der Waals surface area contributed by atoms with Crippen LogP contribution in [0.1, 0.15) is 48.2 Å². The number of rotatable bonds is 3. The molecule has 0 bridgehead atoms. The maximum absolute atomic E-state index is 12.7. The van der Waals surface area contributed by atoms with Crippen LogP contribution < -0.4 is 15.4 Å². The van der Waals surface area contributed by atoms with Crippen LogP contribution in [0.3, 0.4) is 0 Å². The monoisotopic (exact) mass is 340 g/mol. The van der Waals surface area contributed by atoms with Crippen LogP contribution in [0.2, 0.25) is 0 Å². The number of anilines is 2. The van der Waals surface area contributed by atoms with Gasteiger partial charge in [-0.2, -0.15) is 5.10 Å². The minimum atomic E-state index is -0.636. The Morgan fingerprint density at radius 1 is 1.40 bits per heavy atom. The van der Waals surface area contributed by atoms with Crippen molar-refractivity contribution in [2.45, 2.75) is 38.2 Å². The van der Waals surface area contributed by atoms with E-state index < -0.39 is 6.10 Å². The first-order chi connectivity index (χ1) is 12.0. The zero-order chi connectivity index (χ0) is 17.6. The number of nitrogens with one attached hydrogen (secondary N) is 2. The van der Waals surface area contributed by atoms with Gasteiger partial charge in [0.25, 0.3) is 11.8 Å². The number of fused-ring (bicyclic) bond motifs is 1. The molecule has 2 N–H and O–H groups in total. The van der Waals surface area contributed by atoms with Crippen LogP contribution in [-0.2, 0) is 11.8 Å². The number of aryl methyl sites for hydroxylation is 1. The van der Waals surface area contributed by atoms with E-state index in [2.05, 4.69) is 15.7 Å². The summed E-state index contributed by atoms with van der Waals surface area (Å²) in [7, 11) is 1.82. The van der Waals surface area contributed by atoms with Crippen molar-refractivity contribution in [3.8, 4) is 5.75 Å². The summed E-state index contributed by atoms with van der Waals surface area (Å²) >= 11 is 0. The molecule has 1 fully saturated rings. The fraction of sp³-hybridized carbons (Fsp3) is 0.389. The Kier molecular flexibility index (Phi) is 3.71. The zero-order valence-corrected chi connectivity index (χ0v) is 14.2. The normalized spacial score (nSPS) is 19.4. The topological polar surface area (TPSA) is 85.2 Å². The van der Waals surface area contributed by atoms with E-state index in [1.807, 2.05) is 13.1 Å². The Balaban J connectivity index is 1.59. The number of carbonyl (C=O) groups is 2. The van der Waals surface area contributed by atoms with Gasteiger partial charge in [-0.1, -0.05) is 12.5 Å². The molecule has 0 saturated heterocycles. The van der Waals surface area contributed by atoms with E-state index in [9.17, 15) is 9.59 Å². The van der Waals surface area contributed by atoms with Crippen molar-refractivity contribution in [3.63, 3.8) is 0 Å². The quantitative estimate of drug-likeness (QED) is 0.899. The molecule has 1 aromatic heterocycles. The average molecular weight is 340 g/mol. The summed E-state index contributed by atoms with van der Waals surface area (Å²) in [5, 5.41) is 10.2. The fourth-order valence-electron chi connectivity index (χ4n) is 3.10. The number of nitrogens with zero attached hydrogens (tertiary/aromatic N) is 2. The van der Waals surface area contributed by atoms with E-state index in [0.29, 0.717) is 28.7 Å². The number of benzene rings is 1. The van der Waals surface area contributed by atoms with Gasteiger partial charge in [-0.15, -0.1) is 0 Å². The molecule has 2 aliphatic rings. The molecule has 2 heterocycles. The van der Waals surface area contributed by atoms with Crippen LogP contribution >= 0.6 is 0 Å². The number of para-hydroxylation sites is 1. The van der Waals surface area contributed by atoms with Crippen molar-refractivity contribution in [1.82, 2.24) is 9.78 Å². The van der Waals surface area contributed by atoms with E-state index in [1.165, 1.54) is 6.42 Å². The predicted molar refractivity (Wildman–Crippen MR) is 92.9 cm³/mol. The van der Waals surface area contributed by atoms with E-state index in [0.717, 1.165) is 18.5 Å². The minimum Gasteiger partial charge on any atom is -0.478 e. The number of hydrogen-bond acceptors (Lipinski definition) is 4. The largest absolute Gasteiger partial charge is 0.478 e. The van der Waals surface area contributed by atoms with Gasteiger partial charge in [0.15, 0.2) is 11.9 Å². The highest BCUT2D eigenvalue weighted by Gasteiger charge is 2.28. The third kappa shape index (κ3) is 2.75. The molecular weight excluding hydrogens is 320 g/mol. The Bertz CT molecular complexity index is 854. The number of amides is 2. The second-order valence-corrected chi connectivity index (χ2v) is 6.59. The van der Waals surface area contributed by atoms with Crippen molar-refractivity contribution in [2.75, 3.05) is 10.6 Å². The Morgan fingerprint density at radius 3 is 2.92 bits per heavy atom. The first-order valence-corrected chi connectivity index (χ1v) is 8.49. The van der Waals surface area contributed by atoms with Gasteiger partial charge < -0.3 is 15.4 Å². The lowest BCUT2D eigenvalue weighted by Gasteiger charge is -2.25. The van der Waals surface area contributed by atoms with E-state index >= 15 is 0 Å². The Labute approximate surface area is 145 Å². The predicted octanol–water partition coefficient (Wildman–Crippen LogP) is 2.66. The van der Waals surface area contributed by atoms with Gasteiger partial charge in [-0.05, 0) is 31.9 Å². The number of ether oxygens (including phenoxy) is 1. The van der Waals surface area contributed by atoms with Crippen LogP contribution in [0.5, 0.6) is 5.75 Å². The SMILES string of the molecule is CC1Oc2c(cccc2C(=O)Nc2cc(C3CCC3)nn2C)NC1=O.